The van der Waals surface area contributed by atoms with E-state index in [4.69, 9.17) is 23.2 Å². The molecule has 6 nitrogen and oxygen atoms in total. The highest BCUT2D eigenvalue weighted by Crippen LogP contribution is 2.24. The summed E-state index contributed by atoms with van der Waals surface area (Å²) in [6.07, 6.45) is 0. The molecule has 2 N–H and O–H groups in total. The van der Waals surface area contributed by atoms with Gasteiger partial charge in [0.25, 0.3) is 5.91 Å². The van der Waals surface area contributed by atoms with Gasteiger partial charge in [0.1, 0.15) is 5.01 Å². The first-order chi connectivity index (χ1) is 13.4. The first-order valence-electron chi connectivity index (χ1n) is 8.00. The Morgan fingerprint density at radius 3 is 2.46 bits per heavy atom. The van der Waals surface area contributed by atoms with Crippen molar-refractivity contribution < 1.29 is 9.59 Å². The maximum atomic E-state index is 12.3. The summed E-state index contributed by atoms with van der Waals surface area (Å²) in [6.45, 7) is 1.82. The molecule has 0 spiro atoms. The lowest BCUT2D eigenvalue weighted by Crippen LogP contribution is -2.14. The number of halogens is 2. The van der Waals surface area contributed by atoms with E-state index < -0.39 is 0 Å². The van der Waals surface area contributed by atoms with Crippen molar-refractivity contribution >= 4 is 68.9 Å². The quantitative estimate of drug-likeness (QED) is 0.505. The van der Waals surface area contributed by atoms with Crippen molar-refractivity contribution in [2.24, 2.45) is 0 Å². The van der Waals surface area contributed by atoms with E-state index in [-0.39, 0.29) is 22.6 Å². The zero-order valence-corrected chi connectivity index (χ0v) is 17.7. The average molecular weight is 453 g/mol. The van der Waals surface area contributed by atoms with Crippen LogP contribution in [0.25, 0.3) is 0 Å². The van der Waals surface area contributed by atoms with Crippen molar-refractivity contribution in [1.82, 2.24) is 10.2 Å². The second kappa shape index (κ2) is 9.38. The summed E-state index contributed by atoms with van der Waals surface area (Å²) in [4.78, 5) is 25.2. The number of nitrogens with one attached hydrogen (secondary N) is 2. The molecule has 0 bridgehead atoms. The van der Waals surface area contributed by atoms with E-state index in [2.05, 4.69) is 20.8 Å². The molecule has 28 heavy (non-hydrogen) atoms. The lowest BCUT2D eigenvalue weighted by atomic mass is 10.2. The first-order valence-corrected chi connectivity index (χ1v) is 10.6. The number of hydrogen-bond donors (Lipinski definition) is 2. The van der Waals surface area contributed by atoms with Gasteiger partial charge >= 0.3 is 0 Å². The Kier molecular flexibility index (Phi) is 6.90. The minimum atomic E-state index is -0.325. The molecular weight excluding hydrogens is 439 g/mol. The predicted octanol–water partition coefficient (Wildman–Crippen LogP) is 5.14. The smallest absolute Gasteiger partial charge is 0.257 e. The molecule has 1 aromatic heterocycles. The van der Waals surface area contributed by atoms with E-state index in [1.165, 1.54) is 29.2 Å². The van der Waals surface area contributed by atoms with Crippen molar-refractivity contribution in [3.05, 3.63) is 63.1 Å². The van der Waals surface area contributed by atoms with Gasteiger partial charge in [0.2, 0.25) is 11.0 Å². The van der Waals surface area contributed by atoms with Gasteiger partial charge in [0.05, 0.1) is 16.3 Å². The third-order valence-electron chi connectivity index (χ3n) is 3.43. The maximum absolute atomic E-state index is 12.3. The van der Waals surface area contributed by atoms with Crippen molar-refractivity contribution in [3.63, 3.8) is 0 Å². The Bertz CT molecular complexity index is 1010. The van der Waals surface area contributed by atoms with Gasteiger partial charge in [-0.2, -0.15) is 0 Å². The van der Waals surface area contributed by atoms with Gasteiger partial charge in [0, 0.05) is 15.6 Å². The molecule has 2 amide bonds. The highest BCUT2D eigenvalue weighted by Gasteiger charge is 2.11. The number of amides is 2. The standard InChI is InChI=1S/C18H14Cl2N4O2S2/c1-10-23-24-18(28-10)22-16(25)9-27-13-5-3-12(4-6-13)21-17(26)14-7-2-11(19)8-15(14)20/h2-8H,9H2,1H3,(H,21,26)(H,22,24,25). The number of carbonyl (C=O) groups is 2. The zero-order chi connectivity index (χ0) is 20.1. The van der Waals surface area contributed by atoms with Crippen LogP contribution in [-0.4, -0.2) is 27.8 Å². The van der Waals surface area contributed by atoms with Crippen molar-refractivity contribution in [2.75, 3.05) is 16.4 Å². The van der Waals surface area contributed by atoms with Gasteiger partial charge in [-0.05, 0) is 49.4 Å². The van der Waals surface area contributed by atoms with E-state index in [0.29, 0.717) is 21.4 Å². The Morgan fingerprint density at radius 2 is 1.82 bits per heavy atom. The number of aromatic nitrogens is 2. The average Bonchev–Trinajstić information content (AvgIpc) is 3.05. The lowest BCUT2D eigenvalue weighted by Gasteiger charge is -2.08. The number of hydrogen-bond acceptors (Lipinski definition) is 6. The van der Waals surface area contributed by atoms with Crippen LogP contribution in [0.1, 0.15) is 15.4 Å². The normalized spacial score (nSPS) is 10.5. The van der Waals surface area contributed by atoms with Crippen molar-refractivity contribution in [1.29, 1.82) is 0 Å². The van der Waals surface area contributed by atoms with Gasteiger partial charge in [-0.25, -0.2) is 0 Å². The second-order valence-corrected chi connectivity index (χ2v) is 8.64. The summed E-state index contributed by atoms with van der Waals surface area (Å²) in [6, 6.07) is 11.9. The van der Waals surface area contributed by atoms with Crippen LogP contribution in [0.2, 0.25) is 10.0 Å². The van der Waals surface area contributed by atoms with Crippen LogP contribution in [0, 0.1) is 6.92 Å². The number of carbonyl (C=O) groups excluding carboxylic acids is 2. The summed E-state index contributed by atoms with van der Waals surface area (Å²) >= 11 is 14.6. The van der Waals surface area contributed by atoms with Gasteiger partial charge in [-0.3, -0.25) is 14.9 Å². The monoisotopic (exact) mass is 452 g/mol. The molecule has 0 saturated carbocycles. The molecule has 0 aliphatic heterocycles. The Balaban J connectivity index is 1.53. The molecule has 3 aromatic rings. The third-order valence-corrected chi connectivity index (χ3v) is 5.74. The van der Waals surface area contributed by atoms with Gasteiger partial charge in [0.15, 0.2) is 0 Å². The van der Waals surface area contributed by atoms with E-state index >= 15 is 0 Å². The van der Waals surface area contributed by atoms with Crippen LogP contribution in [-0.2, 0) is 4.79 Å². The zero-order valence-electron chi connectivity index (χ0n) is 14.5. The molecule has 0 atom stereocenters. The molecule has 10 heteroatoms. The van der Waals surface area contributed by atoms with Crippen molar-refractivity contribution in [3.8, 4) is 0 Å². The SMILES string of the molecule is Cc1nnc(NC(=O)CSc2ccc(NC(=O)c3ccc(Cl)cc3Cl)cc2)s1. The molecular formula is C18H14Cl2N4O2S2. The molecule has 0 radical (unpaired) electrons. The molecule has 3 rings (SSSR count). The summed E-state index contributed by atoms with van der Waals surface area (Å²) in [7, 11) is 0. The topological polar surface area (TPSA) is 84.0 Å². The molecule has 0 aliphatic carbocycles. The van der Waals surface area contributed by atoms with E-state index in [0.717, 1.165) is 9.90 Å². The summed E-state index contributed by atoms with van der Waals surface area (Å²) < 4.78 is 0. The molecule has 2 aromatic carbocycles. The molecule has 0 unspecified atom stereocenters. The largest absolute Gasteiger partial charge is 0.322 e. The number of thioether (sulfide) groups is 1. The van der Waals surface area contributed by atoms with Gasteiger partial charge < -0.3 is 5.32 Å². The minimum absolute atomic E-state index is 0.157. The molecule has 0 fully saturated rings. The highest BCUT2D eigenvalue weighted by atomic mass is 35.5. The number of rotatable bonds is 6. The molecule has 1 heterocycles. The fourth-order valence-corrected chi connectivity index (χ4v) is 3.96. The van der Waals surface area contributed by atoms with Crippen LogP contribution in [0.15, 0.2) is 47.4 Å². The van der Waals surface area contributed by atoms with E-state index in [9.17, 15) is 9.59 Å². The summed E-state index contributed by atoms with van der Waals surface area (Å²) in [5, 5.41) is 15.2. The highest BCUT2D eigenvalue weighted by molar-refractivity contribution is 8.00. The summed E-state index contributed by atoms with van der Waals surface area (Å²) in [5.41, 5.74) is 0.960. The fraction of sp³-hybridized carbons (Fsp3) is 0.111. The van der Waals surface area contributed by atoms with Gasteiger partial charge in [-0.15, -0.1) is 22.0 Å². The first kappa shape index (κ1) is 20.6. The number of anilines is 2. The Labute approximate surface area is 179 Å². The number of aryl methyl sites for hydroxylation is 1. The molecule has 0 saturated heterocycles. The van der Waals surface area contributed by atoms with Gasteiger partial charge in [-0.1, -0.05) is 34.5 Å². The minimum Gasteiger partial charge on any atom is -0.322 e. The maximum Gasteiger partial charge on any atom is 0.257 e. The van der Waals surface area contributed by atoms with Crippen LogP contribution in [0.3, 0.4) is 0 Å². The number of nitrogens with zero attached hydrogens (tertiary/aromatic N) is 2. The van der Waals surface area contributed by atoms with Crippen LogP contribution >= 0.6 is 46.3 Å². The van der Waals surface area contributed by atoms with Crippen LogP contribution in [0.5, 0.6) is 0 Å². The van der Waals surface area contributed by atoms with Crippen molar-refractivity contribution in [2.45, 2.75) is 11.8 Å². The Morgan fingerprint density at radius 1 is 1.07 bits per heavy atom. The van der Waals surface area contributed by atoms with E-state index in [1.807, 2.05) is 19.1 Å². The van der Waals surface area contributed by atoms with Crippen LogP contribution in [0.4, 0.5) is 10.8 Å². The third kappa shape index (κ3) is 5.68. The Hall–Kier alpha value is -2.13. The number of benzene rings is 2. The second-order valence-electron chi connectivity index (χ2n) is 5.57. The fourth-order valence-electron chi connectivity index (χ4n) is 2.16. The predicted molar refractivity (Wildman–Crippen MR) is 115 cm³/mol. The lowest BCUT2D eigenvalue weighted by molar-refractivity contribution is -0.113. The van der Waals surface area contributed by atoms with E-state index in [1.54, 1.807) is 24.3 Å². The summed E-state index contributed by atoms with van der Waals surface area (Å²) in [5.74, 6) is -0.241. The van der Waals surface area contributed by atoms with Crippen LogP contribution < -0.4 is 10.6 Å². The molecule has 0 aliphatic rings. The molecule has 144 valence electrons.